The van der Waals surface area contributed by atoms with Crippen LogP contribution in [0.1, 0.15) is 43.5 Å². The highest BCUT2D eigenvalue weighted by Crippen LogP contribution is 2.27. The van der Waals surface area contributed by atoms with E-state index in [1.54, 1.807) is 0 Å². The van der Waals surface area contributed by atoms with Crippen molar-refractivity contribution in [2.75, 3.05) is 0 Å². The number of hydrogen-bond acceptors (Lipinski definition) is 1. The first-order valence-electron chi connectivity index (χ1n) is 4.84. The molecule has 0 atom stereocenters. The van der Waals surface area contributed by atoms with Crippen LogP contribution in [0, 0.1) is 0 Å². The summed E-state index contributed by atoms with van der Waals surface area (Å²) in [5, 5.41) is 0. The number of rotatable bonds is 1. The molecule has 0 radical (unpaired) electrons. The van der Waals surface area contributed by atoms with Crippen molar-refractivity contribution in [2.45, 2.75) is 33.1 Å². The van der Waals surface area contributed by atoms with Gasteiger partial charge in [0.2, 0.25) is 0 Å². The van der Waals surface area contributed by atoms with Crippen LogP contribution in [0.3, 0.4) is 0 Å². The largest absolute Gasteiger partial charge is 0.260 e. The molecule has 0 spiro atoms. The zero-order chi connectivity index (χ0) is 9.42. The Labute approximate surface area is 79.5 Å². The smallest absolute Gasteiger partial charge is 0.0516 e. The fourth-order valence-corrected chi connectivity index (χ4v) is 1.69. The summed E-state index contributed by atoms with van der Waals surface area (Å²) in [7, 11) is 0. The predicted octanol–water partition coefficient (Wildman–Crippen LogP) is 3.16. The van der Waals surface area contributed by atoms with Gasteiger partial charge >= 0.3 is 0 Å². The number of nitrogens with zero attached hydrogens (tertiary/aromatic N) is 1. The van der Waals surface area contributed by atoms with Crippen LogP contribution in [0.15, 0.2) is 18.3 Å². The molecule has 0 saturated heterocycles. The summed E-state index contributed by atoms with van der Waals surface area (Å²) in [4.78, 5) is 4.48. The van der Waals surface area contributed by atoms with Crippen molar-refractivity contribution in [3.8, 4) is 0 Å². The molecule has 1 aliphatic rings. The van der Waals surface area contributed by atoms with Crippen molar-refractivity contribution in [1.82, 2.24) is 4.98 Å². The molecule has 0 amide bonds. The molecule has 1 aromatic heterocycles. The van der Waals surface area contributed by atoms with Gasteiger partial charge in [0.1, 0.15) is 0 Å². The van der Waals surface area contributed by atoms with Crippen molar-refractivity contribution in [2.24, 2.45) is 0 Å². The third kappa shape index (κ3) is 1.39. The summed E-state index contributed by atoms with van der Waals surface area (Å²) in [5.74, 6) is 0.575. The van der Waals surface area contributed by atoms with E-state index in [0.29, 0.717) is 5.92 Å². The predicted molar refractivity (Wildman–Crippen MR) is 55.7 cm³/mol. The van der Waals surface area contributed by atoms with Gasteiger partial charge in [-0.05, 0) is 35.6 Å². The van der Waals surface area contributed by atoms with Crippen LogP contribution < -0.4 is 0 Å². The van der Waals surface area contributed by atoms with Crippen LogP contribution in [0.5, 0.6) is 0 Å². The number of fused-ring (bicyclic) bond motifs is 1. The Morgan fingerprint density at radius 2 is 2.15 bits per heavy atom. The zero-order valence-electron chi connectivity index (χ0n) is 8.46. The van der Waals surface area contributed by atoms with Crippen LogP contribution in [0.2, 0.25) is 0 Å². The molecule has 2 rings (SSSR count). The Balaban J connectivity index is 2.47. The highest BCUT2D eigenvalue weighted by molar-refractivity contribution is 5.70. The summed E-state index contributed by atoms with van der Waals surface area (Å²) in [5.41, 5.74) is 5.31. The Hall–Kier alpha value is -1.11. The van der Waals surface area contributed by atoms with Gasteiger partial charge in [0.05, 0.1) is 5.69 Å². The molecule has 1 nitrogen and oxygen atoms in total. The van der Waals surface area contributed by atoms with Gasteiger partial charge in [-0.2, -0.15) is 0 Å². The molecule has 0 saturated carbocycles. The van der Waals surface area contributed by atoms with Gasteiger partial charge in [-0.1, -0.05) is 19.9 Å². The lowest BCUT2D eigenvalue weighted by molar-refractivity contribution is 0.853. The summed E-state index contributed by atoms with van der Waals surface area (Å²) < 4.78 is 0. The van der Waals surface area contributed by atoms with E-state index in [-0.39, 0.29) is 0 Å². The van der Waals surface area contributed by atoms with E-state index in [4.69, 9.17) is 0 Å². The van der Waals surface area contributed by atoms with E-state index in [0.717, 1.165) is 6.42 Å². The van der Waals surface area contributed by atoms with E-state index in [9.17, 15) is 0 Å². The SMILES string of the molecule is CC1=CCc2ncc(C(C)C)cc21. The van der Waals surface area contributed by atoms with Crippen LogP contribution in [0.25, 0.3) is 5.57 Å². The summed E-state index contributed by atoms with van der Waals surface area (Å²) in [6.07, 6.45) is 5.28. The number of allylic oxidation sites excluding steroid dienone is 2. The number of aromatic nitrogens is 1. The Kier molecular flexibility index (Phi) is 1.95. The maximum Gasteiger partial charge on any atom is 0.0516 e. The molecule has 0 fully saturated rings. The minimum atomic E-state index is 0.575. The molecule has 1 heteroatoms. The second-order valence-electron chi connectivity index (χ2n) is 4.01. The molecule has 0 unspecified atom stereocenters. The van der Waals surface area contributed by atoms with E-state index < -0.39 is 0 Å². The zero-order valence-corrected chi connectivity index (χ0v) is 8.46. The van der Waals surface area contributed by atoms with Crippen LogP contribution in [-0.2, 0) is 6.42 Å². The Morgan fingerprint density at radius 3 is 2.85 bits per heavy atom. The number of hydrogen-bond donors (Lipinski definition) is 0. The maximum atomic E-state index is 4.48. The summed E-state index contributed by atoms with van der Waals surface area (Å²) in [6, 6.07) is 2.28. The monoisotopic (exact) mass is 173 g/mol. The van der Waals surface area contributed by atoms with Crippen LogP contribution >= 0.6 is 0 Å². The first kappa shape index (κ1) is 8.49. The van der Waals surface area contributed by atoms with E-state index in [1.165, 1.54) is 22.4 Å². The van der Waals surface area contributed by atoms with Crippen molar-refractivity contribution in [3.63, 3.8) is 0 Å². The van der Waals surface area contributed by atoms with Gasteiger partial charge in [-0.25, -0.2) is 0 Å². The third-order valence-electron chi connectivity index (χ3n) is 2.68. The minimum absolute atomic E-state index is 0.575. The average Bonchev–Trinajstić information content (AvgIpc) is 2.47. The second-order valence-corrected chi connectivity index (χ2v) is 4.01. The molecular weight excluding hydrogens is 158 g/mol. The molecule has 68 valence electrons. The maximum absolute atomic E-state index is 4.48. The fourth-order valence-electron chi connectivity index (χ4n) is 1.69. The molecule has 1 heterocycles. The lowest BCUT2D eigenvalue weighted by Gasteiger charge is -2.07. The summed E-state index contributed by atoms with van der Waals surface area (Å²) >= 11 is 0. The van der Waals surface area contributed by atoms with Crippen molar-refractivity contribution in [3.05, 3.63) is 35.2 Å². The van der Waals surface area contributed by atoms with Gasteiger partial charge < -0.3 is 0 Å². The molecule has 13 heavy (non-hydrogen) atoms. The Bertz CT molecular complexity index is 361. The van der Waals surface area contributed by atoms with Gasteiger partial charge in [0.25, 0.3) is 0 Å². The lowest BCUT2D eigenvalue weighted by atomic mass is 10.0. The molecule has 0 aromatic carbocycles. The average molecular weight is 173 g/mol. The van der Waals surface area contributed by atoms with E-state index in [1.807, 2.05) is 6.20 Å². The van der Waals surface area contributed by atoms with Gasteiger partial charge in [0, 0.05) is 12.6 Å². The molecule has 0 aliphatic heterocycles. The standard InChI is InChI=1S/C12H15N/c1-8(2)10-6-11-9(3)4-5-12(11)13-7-10/h4,6-8H,5H2,1-3H3. The molecule has 0 N–H and O–H groups in total. The molecule has 0 bridgehead atoms. The van der Waals surface area contributed by atoms with Crippen molar-refractivity contribution < 1.29 is 0 Å². The van der Waals surface area contributed by atoms with E-state index in [2.05, 4.69) is 37.9 Å². The quantitative estimate of drug-likeness (QED) is 0.635. The highest BCUT2D eigenvalue weighted by atomic mass is 14.7. The second kappa shape index (κ2) is 2.99. The first-order chi connectivity index (χ1) is 6.18. The van der Waals surface area contributed by atoms with Crippen LogP contribution in [-0.4, -0.2) is 4.98 Å². The van der Waals surface area contributed by atoms with Gasteiger partial charge in [0.15, 0.2) is 0 Å². The molecule has 1 aromatic rings. The Morgan fingerprint density at radius 1 is 1.38 bits per heavy atom. The van der Waals surface area contributed by atoms with Crippen molar-refractivity contribution in [1.29, 1.82) is 0 Å². The van der Waals surface area contributed by atoms with Gasteiger partial charge in [-0.3, -0.25) is 4.98 Å². The lowest BCUT2D eigenvalue weighted by Crippen LogP contribution is -1.94. The highest BCUT2D eigenvalue weighted by Gasteiger charge is 2.12. The topological polar surface area (TPSA) is 12.9 Å². The fraction of sp³-hybridized carbons (Fsp3) is 0.417. The molecule has 1 aliphatic carbocycles. The molecular formula is C12H15N. The summed E-state index contributed by atoms with van der Waals surface area (Å²) in [6.45, 7) is 6.58. The van der Waals surface area contributed by atoms with Gasteiger partial charge in [-0.15, -0.1) is 0 Å². The van der Waals surface area contributed by atoms with E-state index >= 15 is 0 Å². The van der Waals surface area contributed by atoms with Crippen molar-refractivity contribution >= 4 is 5.57 Å². The van der Waals surface area contributed by atoms with Crippen LogP contribution in [0.4, 0.5) is 0 Å². The first-order valence-corrected chi connectivity index (χ1v) is 4.84. The minimum Gasteiger partial charge on any atom is -0.260 e. The third-order valence-corrected chi connectivity index (χ3v) is 2.68. The number of pyridine rings is 1. The normalized spacial score (nSPS) is 14.6.